The molecule has 1 fully saturated rings. The van der Waals surface area contributed by atoms with E-state index in [1.54, 1.807) is 10.9 Å². The van der Waals surface area contributed by atoms with E-state index in [1.807, 2.05) is 54.6 Å². The maximum absolute atomic E-state index is 12.8. The van der Waals surface area contributed by atoms with Crippen LogP contribution in [0.4, 0.5) is 0 Å². The van der Waals surface area contributed by atoms with Crippen LogP contribution in [-0.2, 0) is 16.9 Å². The number of aromatic nitrogens is 2. The molecule has 3 N–H and O–H groups in total. The molecule has 2 heterocycles. The van der Waals surface area contributed by atoms with E-state index < -0.39 is 11.6 Å². The Bertz CT molecular complexity index is 915. The van der Waals surface area contributed by atoms with Crippen LogP contribution in [0.3, 0.4) is 0 Å². The molecular formula is C20H23ClN4O2. The summed E-state index contributed by atoms with van der Waals surface area (Å²) in [6, 6.07) is 17.5. The molecule has 142 valence electrons. The largest absolute Gasteiger partial charge is 0.389 e. The highest BCUT2D eigenvalue weighted by atomic mass is 35.5. The fourth-order valence-electron chi connectivity index (χ4n) is 3.73. The SMILES string of the molecule is Cl.O=C(Cn1ncc2ccccc21)N[C@@]1(c2ccccc2)CCNC[C@H]1O. The molecule has 1 aliphatic heterocycles. The maximum atomic E-state index is 12.8. The Labute approximate surface area is 164 Å². The highest BCUT2D eigenvalue weighted by Crippen LogP contribution is 2.31. The lowest BCUT2D eigenvalue weighted by molar-refractivity contribution is -0.126. The summed E-state index contributed by atoms with van der Waals surface area (Å²) in [7, 11) is 0. The normalized spacial score (nSPS) is 22.2. The van der Waals surface area contributed by atoms with Crippen LogP contribution >= 0.6 is 12.4 Å². The van der Waals surface area contributed by atoms with Gasteiger partial charge >= 0.3 is 0 Å². The minimum absolute atomic E-state index is 0. The van der Waals surface area contributed by atoms with Crippen molar-refractivity contribution < 1.29 is 9.90 Å². The number of aliphatic hydroxyl groups is 1. The topological polar surface area (TPSA) is 79.2 Å². The molecule has 1 aliphatic rings. The molecule has 0 radical (unpaired) electrons. The third-order valence-electron chi connectivity index (χ3n) is 5.10. The smallest absolute Gasteiger partial charge is 0.242 e. The molecule has 2 atom stereocenters. The molecule has 4 rings (SSSR count). The maximum Gasteiger partial charge on any atom is 0.242 e. The van der Waals surface area contributed by atoms with Gasteiger partial charge in [0.05, 0.1) is 23.4 Å². The number of halogens is 1. The van der Waals surface area contributed by atoms with Gasteiger partial charge in [0.25, 0.3) is 0 Å². The number of nitrogens with zero attached hydrogens (tertiary/aromatic N) is 2. The van der Waals surface area contributed by atoms with E-state index in [-0.39, 0.29) is 24.9 Å². The molecule has 27 heavy (non-hydrogen) atoms. The number of β-amino-alcohol motifs (C(OH)–C–C–N with tert-alkyl or cyclic N) is 1. The molecule has 1 aromatic heterocycles. The molecular weight excluding hydrogens is 364 g/mol. The van der Waals surface area contributed by atoms with Crippen LogP contribution in [-0.4, -0.2) is 40.0 Å². The Morgan fingerprint density at radius 3 is 2.74 bits per heavy atom. The van der Waals surface area contributed by atoms with E-state index in [2.05, 4.69) is 15.7 Å². The Kier molecular flexibility index (Phi) is 5.79. The van der Waals surface area contributed by atoms with Crippen molar-refractivity contribution >= 4 is 29.2 Å². The fourth-order valence-corrected chi connectivity index (χ4v) is 3.73. The first kappa shape index (κ1) is 19.4. The molecule has 1 amide bonds. The predicted octanol–water partition coefficient (Wildman–Crippen LogP) is 1.82. The van der Waals surface area contributed by atoms with Crippen LogP contribution < -0.4 is 10.6 Å². The number of amides is 1. The van der Waals surface area contributed by atoms with Crippen molar-refractivity contribution in [1.82, 2.24) is 20.4 Å². The van der Waals surface area contributed by atoms with Gasteiger partial charge in [-0.1, -0.05) is 48.5 Å². The number of rotatable bonds is 4. The monoisotopic (exact) mass is 386 g/mol. The Balaban J connectivity index is 0.00000210. The molecule has 1 saturated heterocycles. The molecule has 6 nitrogen and oxygen atoms in total. The highest BCUT2D eigenvalue weighted by Gasteiger charge is 2.42. The van der Waals surface area contributed by atoms with E-state index in [0.717, 1.165) is 23.0 Å². The number of para-hydroxylation sites is 1. The lowest BCUT2D eigenvalue weighted by atomic mass is 9.79. The molecule has 3 aromatic rings. The molecule has 0 spiro atoms. The van der Waals surface area contributed by atoms with Crippen LogP contribution in [0.2, 0.25) is 0 Å². The number of benzene rings is 2. The minimum atomic E-state index is -0.785. The van der Waals surface area contributed by atoms with Gasteiger partial charge in [-0.3, -0.25) is 9.48 Å². The summed E-state index contributed by atoms with van der Waals surface area (Å²) in [6.07, 6.45) is 1.69. The predicted molar refractivity (Wildman–Crippen MR) is 107 cm³/mol. The van der Waals surface area contributed by atoms with Crippen molar-refractivity contribution in [2.75, 3.05) is 13.1 Å². The number of carbonyl (C=O) groups is 1. The number of carbonyl (C=O) groups excluding carboxylic acids is 1. The second-order valence-corrected chi connectivity index (χ2v) is 6.72. The Morgan fingerprint density at radius 1 is 1.22 bits per heavy atom. The van der Waals surface area contributed by atoms with E-state index in [0.29, 0.717) is 13.0 Å². The summed E-state index contributed by atoms with van der Waals surface area (Å²) in [5.41, 5.74) is 1.06. The van der Waals surface area contributed by atoms with E-state index in [4.69, 9.17) is 0 Å². The van der Waals surface area contributed by atoms with Gasteiger partial charge in [-0.25, -0.2) is 0 Å². The van der Waals surface area contributed by atoms with E-state index in [1.165, 1.54) is 0 Å². The van der Waals surface area contributed by atoms with Gasteiger partial charge in [-0.05, 0) is 24.6 Å². The van der Waals surface area contributed by atoms with Gasteiger partial charge in [-0.2, -0.15) is 5.10 Å². The first-order valence-electron chi connectivity index (χ1n) is 8.85. The molecule has 0 saturated carbocycles. The van der Waals surface area contributed by atoms with Crippen molar-refractivity contribution in [3.8, 4) is 0 Å². The zero-order chi connectivity index (χ0) is 18.0. The van der Waals surface area contributed by atoms with Gasteiger partial charge < -0.3 is 15.7 Å². The molecule has 0 unspecified atom stereocenters. The first-order chi connectivity index (χ1) is 12.7. The number of piperidine rings is 1. The van der Waals surface area contributed by atoms with Gasteiger partial charge in [0.2, 0.25) is 5.91 Å². The lowest BCUT2D eigenvalue weighted by Crippen LogP contribution is -2.61. The fraction of sp³-hybridized carbons (Fsp3) is 0.300. The minimum Gasteiger partial charge on any atom is -0.389 e. The van der Waals surface area contributed by atoms with Gasteiger partial charge in [0.15, 0.2) is 0 Å². The molecule has 0 aliphatic carbocycles. The van der Waals surface area contributed by atoms with Crippen molar-refractivity contribution in [2.45, 2.75) is 24.6 Å². The molecule has 7 heteroatoms. The van der Waals surface area contributed by atoms with E-state index >= 15 is 0 Å². The van der Waals surface area contributed by atoms with Gasteiger partial charge in [0.1, 0.15) is 6.54 Å². The van der Waals surface area contributed by atoms with Crippen molar-refractivity contribution in [1.29, 1.82) is 0 Å². The Hall–Kier alpha value is -2.41. The van der Waals surface area contributed by atoms with Crippen molar-refractivity contribution in [2.24, 2.45) is 0 Å². The summed E-state index contributed by atoms with van der Waals surface area (Å²) in [5.74, 6) is -0.163. The standard InChI is InChI=1S/C20H22N4O2.ClH/c25-18-13-21-11-10-20(18,16-7-2-1-3-8-16)23-19(26)14-24-17-9-5-4-6-15(17)12-22-24;/h1-9,12,18,21,25H,10-11,13-14H2,(H,23,26);1H/t18-,20-;/m1./s1. The van der Waals surface area contributed by atoms with Crippen LogP contribution in [0.5, 0.6) is 0 Å². The quantitative estimate of drug-likeness (QED) is 0.639. The van der Waals surface area contributed by atoms with Crippen molar-refractivity contribution in [3.63, 3.8) is 0 Å². The summed E-state index contributed by atoms with van der Waals surface area (Å²) in [4.78, 5) is 12.8. The summed E-state index contributed by atoms with van der Waals surface area (Å²) < 4.78 is 1.69. The average molecular weight is 387 g/mol. The third-order valence-corrected chi connectivity index (χ3v) is 5.10. The second kappa shape index (κ2) is 8.08. The van der Waals surface area contributed by atoms with Gasteiger partial charge in [-0.15, -0.1) is 12.4 Å². The summed E-state index contributed by atoms with van der Waals surface area (Å²) in [6.45, 7) is 1.29. The number of hydrogen-bond acceptors (Lipinski definition) is 4. The van der Waals surface area contributed by atoms with Crippen molar-refractivity contribution in [3.05, 3.63) is 66.4 Å². The molecule has 2 aromatic carbocycles. The van der Waals surface area contributed by atoms with Crippen LogP contribution in [0.1, 0.15) is 12.0 Å². The van der Waals surface area contributed by atoms with E-state index in [9.17, 15) is 9.90 Å². The van der Waals surface area contributed by atoms with Gasteiger partial charge in [0, 0.05) is 11.9 Å². The number of fused-ring (bicyclic) bond motifs is 1. The Morgan fingerprint density at radius 2 is 1.96 bits per heavy atom. The van der Waals surface area contributed by atoms with Crippen LogP contribution in [0.15, 0.2) is 60.8 Å². The number of aliphatic hydroxyl groups excluding tert-OH is 1. The summed E-state index contributed by atoms with van der Waals surface area (Å²) in [5, 5.41) is 22.3. The zero-order valence-corrected chi connectivity index (χ0v) is 15.7. The number of nitrogens with one attached hydrogen (secondary N) is 2. The molecule has 0 bridgehead atoms. The second-order valence-electron chi connectivity index (χ2n) is 6.72. The first-order valence-corrected chi connectivity index (χ1v) is 8.85. The summed E-state index contributed by atoms with van der Waals surface area (Å²) >= 11 is 0. The average Bonchev–Trinajstić information content (AvgIpc) is 3.07. The third kappa shape index (κ3) is 3.69. The highest BCUT2D eigenvalue weighted by molar-refractivity contribution is 5.85. The van der Waals surface area contributed by atoms with Crippen LogP contribution in [0.25, 0.3) is 10.9 Å². The van der Waals surface area contributed by atoms with Crippen LogP contribution in [0, 0.1) is 0 Å². The number of hydrogen-bond donors (Lipinski definition) is 3. The lowest BCUT2D eigenvalue weighted by Gasteiger charge is -2.43. The zero-order valence-electron chi connectivity index (χ0n) is 14.8.